The molecule has 184 valence electrons. The Labute approximate surface area is 196 Å². The van der Waals surface area contributed by atoms with Crippen LogP contribution in [0, 0.1) is 18.8 Å². The molecule has 1 atom stereocenters. The summed E-state index contributed by atoms with van der Waals surface area (Å²) in [5.74, 6) is 0.788. The van der Waals surface area contributed by atoms with Gasteiger partial charge < -0.3 is 20.9 Å². The lowest BCUT2D eigenvalue weighted by atomic mass is 9.78. The van der Waals surface area contributed by atoms with Crippen LogP contribution >= 0.6 is 0 Å². The van der Waals surface area contributed by atoms with Crippen molar-refractivity contribution in [3.05, 3.63) is 23.8 Å². The third-order valence-corrected chi connectivity index (χ3v) is 6.30. The number of nitrogens with one attached hydrogen (secondary N) is 3. The lowest BCUT2D eigenvalue weighted by Gasteiger charge is -2.37. The van der Waals surface area contributed by atoms with Crippen molar-refractivity contribution in [2.45, 2.75) is 58.3 Å². The number of halogens is 3. The second-order valence-corrected chi connectivity index (χ2v) is 9.28. The van der Waals surface area contributed by atoms with E-state index in [0.717, 1.165) is 25.5 Å². The van der Waals surface area contributed by atoms with Crippen LogP contribution in [0.3, 0.4) is 0 Å². The fourth-order valence-corrected chi connectivity index (χ4v) is 4.56. The molecule has 2 aromatic heterocycles. The van der Waals surface area contributed by atoms with Gasteiger partial charge in [0.15, 0.2) is 5.82 Å². The molecule has 0 spiro atoms. The predicted molar refractivity (Wildman–Crippen MR) is 123 cm³/mol. The second-order valence-electron chi connectivity index (χ2n) is 9.28. The number of carbonyl (C=O) groups excluding carboxylic acids is 1. The molecule has 12 heteroatoms. The first-order chi connectivity index (χ1) is 16.0. The van der Waals surface area contributed by atoms with Crippen LogP contribution in [0.4, 0.5) is 36.4 Å². The molecule has 34 heavy (non-hydrogen) atoms. The van der Waals surface area contributed by atoms with Crippen LogP contribution in [0.5, 0.6) is 0 Å². The Hall–Kier alpha value is -3.18. The van der Waals surface area contributed by atoms with E-state index in [9.17, 15) is 18.0 Å². The number of hydrogen-bond acceptors (Lipinski definition) is 8. The largest absolute Gasteiger partial charge is 0.451 e. The molecular formula is C22H29F3N8O. The number of alkyl halides is 3. The normalized spacial score (nSPS) is 22.2. The van der Waals surface area contributed by atoms with E-state index in [2.05, 4.69) is 35.9 Å². The van der Waals surface area contributed by atoms with Crippen molar-refractivity contribution >= 4 is 29.2 Å². The van der Waals surface area contributed by atoms with Gasteiger partial charge in [-0.2, -0.15) is 18.2 Å². The third kappa shape index (κ3) is 5.00. The summed E-state index contributed by atoms with van der Waals surface area (Å²) >= 11 is 0. The first kappa shape index (κ1) is 24.0. The average molecular weight is 479 g/mol. The number of anilines is 4. The number of aromatic nitrogens is 4. The van der Waals surface area contributed by atoms with Crippen LogP contribution in [0.2, 0.25) is 0 Å². The van der Waals surface area contributed by atoms with E-state index in [1.54, 1.807) is 0 Å². The van der Waals surface area contributed by atoms with Crippen LogP contribution in [-0.2, 0) is 11.0 Å². The lowest BCUT2D eigenvalue weighted by molar-refractivity contribution is -0.144. The summed E-state index contributed by atoms with van der Waals surface area (Å²) in [4.78, 5) is 30.3. The number of fused-ring (bicyclic) bond motifs is 1. The maximum absolute atomic E-state index is 12.8. The predicted octanol–water partition coefficient (Wildman–Crippen LogP) is 3.70. The molecule has 1 fully saturated rings. The molecule has 3 heterocycles. The Balaban J connectivity index is 1.28. The Bertz CT molecular complexity index is 1050. The molecule has 0 radical (unpaired) electrons. The first-order valence-electron chi connectivity index (χ1n) is 11.4. The van der Waals surface area contributed by atoms with Crippen molar-refractivity contribution in [1.82, 2.24) is 19.9 Å². The van der Waals surface area contributed by atoms with E-state index in [4.69, 9.17) is 0 Å². The van der Waals surface area contributed by atoms with Gasteiger partial charge >= 0.3 is 6.18 Å². The summed E-state index contributed by atoms with van der Waals surface area (Å²) < 4.78 is 38.3. The number of carbonyl (C=O) groups is 1. The highest BCUT2D eigenvalue weighted by Gasteiger charge is 2.36. The van der Waals surface area contributed by atoms with Gasteiger partial charge in [0.25, 0.3) is 0 Å². The molecule has 9 nitrogen and oxygen atoms in total. The van der Waals surface area contributed by atoms with Crippen LogP contribution in [0.1, 0.15) is 44.6 Å². The minimum absolute atomic E-state index is 0.0536. The molecule has 2 aromatic rings. The number of aryl methyl sites for hydroxylation is 1. The van der Waals surface area contributed by atoms with Crippen LogP contribution < -0.4 is 20.9 Å². The fourth-order valence-electron chi connectivity index (χ4n) is 4.56. The van der Waals surface area contributed by atoms with Crippen molar-refractivity contribution < 1.29 is 18.0 Å². The molecule has 0 unspecified atom stereocenters. The molecular weight excluding hydrogens is 449 g/mol. The van der Waals surface area contributed by atoms with E-state index >= 15 is 0 Å². The summed E-state index contributed by atoms with van der Waals surface area (Å²) in [5.41, 5.74) is 1.34. The summed E-state index contributed by atoms with van der Waals surface area (Å²) in [7, 11) is 1.87. The number of rotatable bonds is 7. The smallest absolute Gasteiger partial charge is 0.367 e. The standard InChI is InChI=1S/C22H29F3N8O/c1-11(2)17-19(34)31-16-12(3)28-21(32-18(16)33(17)4)27-7-5-13-9-14(10-13)29-15-6-8-26-20(30-15)22(23,24)25/h6,8,11,13-14,17H,5,7,9-10H2,1-4H3,(H,31,34)(H,26,29,30)(H,27,28,32)/t13?,14?,17-/m0/s1. The quantitative estimate of drug-likeness (QED) is 0.553. The van der Waals surface area contributed by atoms with Gasteiger partial charge in [-0.1, -0.05) is 13.8 Å². The molecule has 1 aliphatic carbocycles. The molecule has 2 aliphatic rings. The molecule has 3 N–H and O–H groups in total. The Kier molecular flexibility index (Phi) is 6.50. The van der Waals surface area contributed by atoms with Gasteiger partial charge in [-0.15, -0.1) is 0 Å². The van der Waals surface area contributed by atoms with E-state index in [0.29, 0.717) is 35.6 Å². The monoisotopic (exact) mass is 478 g/mol. The van der Waals surface area contributed by atoms with Crippen LogP contribution in [-0.4, -0.2) is 51.5 Å². The number of nitrogens with zero attached hydrogens (tertiary/aromatic N) is 5. The zero-order valence-corrected chi connectivity index (χ0v) is 19.6. The highest BCUT2D eigenvalue weighted by Crippen LogP contribution is 2.35. The van der Waals surface area contributed by atoms with Gasteiger partial charge in [0, 0.05) is 25.8 Å². The third-order valence-electron chi connectivity index (χ3n) is 6.30. The average Bonchev–Trinajstić information content (AvgIpc) is 2.72. The Morgan fingerprint density at radius 2 is 1.97 bits per heavy atom. The summed E-state index contributed by atoms with van der Waals surface area (Å²) in [6.07, 6.45) is -0.857. The number of hydrogen-bond donors (Lipinski definition) is 3. The zero-order valence-electron chi connectivity index (χ0n) is 19.6. The van der Waals surface area contributed by atoms with E-state index in [1.165, 1.54) is 6.07 Å². The van der Waals surface area contributed by atoms with E-state index < -0.39 is 12.0 Å². The summed E-state index contributed by atoms with van der Waals surface area (Å²) in [5, 5.41) is 9.26. The molecule has 0 aromatic carbocycles. The molecule has 1 amide bonds. The number of amides is 1. The first-order valence-corrected chi connectivity index (χ1v) is 11.4. The molecule has 0 saturated heterocycles. The molecule has 0 bridgehead atoms. The van der Waals surface area contributed by atoms with Crippen molar-refractivity contribution in [2.24, 2.45) is 11.8 Å². The van der Waals surface area contributed by atoms with Crippen molar-refractivity contribution in [3.63, 3.8) is 0 Å². The fraction of sp³-hybridized carbons (Fsp3) is 0.591. The van der Waals surface area contributed by atoms with Gasteiger partial charge in [0.2, 0.25) is 17.7 Å². The maximum Gasteiger partial charge on any atom is 0.451 e. The van der Waals surface area contributed by atoms with E-state index in [1.807, 2.05) is 32.7 Å². The minimum atomic E-state index is -4.56. The zero-order chi connectivity index (χ0) is 24.6. The molecule has 1 aliphatic heterocycles. The Morgan fingerprint density at radius 3 is 2.65 bits per heavy atom. The van der Waals surface area contributed by atoms with Crippen molar-refractivity contribution in [3.8, 4) is 0 Å². The molecule has 4 rings (SSSR count). The Morgan fingerprint density at radius 1 is 1.24 bits per heavy atom. The maximum atomic E-state index is 12.8. The topological polar surface area (TPSA) is 108 Å². The van der Waals surface area contributed by atoms with Crippen LogP contribution in [0.15, 0.2) is 12.3 Å². The van der Waals surface area contributed by atoms with Gasteiger partial charge in [-0.05, 0) is 44.1 Å². The molecule has 1 saturated carbocycles. The van der Waals surface area contributed by atoms with Crippen molar-refractivity contribution in [2.75, 3.05) is 34.4 Å². The summed E-state index contributed by atoms with van der Waals surface area (Å²) in [6, 6.07) is 1.24. The van der Waals surface area contributed by atoms with E-state index in [-0.39, 0.29) is 29.7 Å². The minimum Gasteiger partial charge on any atom is -0.367 e. The van der Waals surface area contributed by atoms with Crippen molar-refractivity contribution in [1.29, 1.82) is 0 Å². The second kappa shape index (κ2) is 9.22. The van der Waals surface area contributed by atoms with Gasteiger partial charge in [-0.25, -0.2) is 15.0 Å². The van der Waals surface area contributed by atoms with Gasteiger partial charge in [-0.3, -0.25) is 4.79 Å². The highest BCUT2D eigenvalue weighted by atomic mass is 19.4. The highest BCUT2D eigenvalue weighted by molar-refractivity contribution is 6.03. The summed E-state index contributed by atoms with van der Waals surface area (Å²) in [6.45, 7) is 6.51. The van der Waals surface area contributed by atoms with Gasteiger partial charge in [0.05, 0.1) is 5.69 Å². The number of likely N-dealkylation sites (N-methyl/N-ethyl adjacent to an activating group) is 1. The van der Waals surface area contributed by atoms with Gasteiger partial charge in [0.1, 0.15) is 17.5 Å². The SMILES string of the molecule is Cc1nc(NCCC2CC(Nc3ccnc(C(F)(F)F)n3)C2)nc2c1NC(=O)[C@H](C(C)C)N2C. The lowest BCUT2D eigenvalue weighted by Crippen LogP contribution is -2.49. The van der Waals surface area contributed by atoms with Crippen LogP contribution in [0.25, 0.3) is 0 Å².